The number of hydrogen-bond acceptors (Lipinski definition) is 5. The fraction of sp³-hybridized carbons (Fsp3) is 0.680. The maximum absolute atomic E-state index is 12.7. The van der Waals surface area contributed by atoms with E-state index in [-0.39, 0.29) is 17.7 Å². The van der Waals surface area contributed by atoms with Gasteiger partial charge in [0, 0.05) is 31.2 Å². The van der Waals surface area contributed by atoms with Gasteiger partial charge in [0.1, 0.15) is 0 Å². The number of amides is 2. The second-order valence-corrected chi connectivity index (χ2v) is 11.3. The van der Waals surface area contributed by atoms with E-state index in [9.17, 15) is 9.59 Å². The van der Waals surface area contributed by atoms with Crippen molar-refractivity contribution in [1.29, 1.82) is 0 Å². The standard InChI is InChI=1S/C25H27NO5/c27-21-18-3-1-2-4-19(18)22(28)26(21)13-14-5-7-23(8-6-14)29-25(31-30-23)17-10-15-9-16-11-20(25)24(15,16)12-17/h1-4,14-17,20H,5-13H2. The first-order valence-corrected chi connectivity index (χ1v) is 12.1. The summed E-state index contributed by atoms with van der Waals surface area (Å²) in [5.41, 5.74) is 1.57. The SMILES string of the molecule is O=C1c2ccccc2C(=O)N1CC1CCC2(CC1)OOC1(O2)C2CC3CC4CC1C34C2. The van der Waals surface area contributed by atoms with Gasteiger partial charge < -0.3 is 4.74 Å². The van der Waals surface area contributed by atoms with Gasteiger partial charge in [-0.2, -0.15) is 9.78 Å². The average Bonchev–Trinajstić information content (AvgIpc) is 3.46. The number of carbonyl (C=O) groups excluding carboxylic acids is 2. The highest BCUT2D eigenvalue weighted by atomic mass is 17.3. The first-order valence-electron chi connectivity index (χ1n) is 12.1. The van der Waals surface area contributed by atoms with Crippen molar-refractivity contribution in [2.45, 2.75) is 62.9 Å². The zero-order valence-corrected chi connectivity index (χ0v) is 17.5. The third-order valence-corrected chi connectivity index (χ3v) is 10.3. The molecule has 2 aliphatic heterocycles. The van der Waals surface area contributed by atoms with Crippen LogP contribution < -0.4 is 0 Å². The Hall–Kier alpha value is -1.76. The summed E-state index contributed by atoms with van der Waals surface area (Å²) in [6.07, 6.45) is 8.47. The van der Waals surface area contributed by atoms with Crippen molar-refractivity contribution in [2.24, 2.45) is 35.0 Å². The van der Waals surface area contributed by atoms with E-state index in [0.29, 0.717) is 34.9 Å². The highest BCUT2D eigenvalue weighted by molar-refractivity contribution is 6.21. The van der Waals surface area contributed by atoms with E-state index >= 15 is 0 Å². The molecule has 5 saturated carbocycles. The summed E-state index contributed by atoms with van der Waals surface area (Å²) in [4.78, 5) is 39.0. The van der Waals surface area contributed by atoms with Crippen molar-refractivity contribution in [3.8, 4) is 0 Å². The Balaban J connectivity index is 0.960. The van der Waals surface area contributed by atoms with Crippen LogP contribution in [0.2, 0.25) is 0 Å². The molecule has 0 aromatic heterocycles. The summed E-state index contributed by atoms with van der Waals surface area (Å²) in [5.74, 6) is 1.66. The molecule has 6 atom stereocenters. The second-order valence-electron chi connectivity index (χ2n) is 11.3. The molecular weight excluding hydrogens is 394 g/mol. The molecule has 6 nitrogen and oxygen atoms in total. The van der Waals surface area contributed by atoms with Crippen molar-refractivity contribution < 1.29 is 24.1 Å². The van der Waals surface area contributed by atoms with Crippen molar-refractivity contribution >= 4 is 11.8 Å². The lowest BCUT2D eigenvalue weighted by Gasteiger charge is -2.68. The van der Waals surface area contributed by atoms with Gasteiger partial charge >= 0.3 is 0 Å². The minimum absolute atomic E-state index is 0.160. The van der Waals surface area contributed by atoms with Gasteiger partial charge in [0.05, 0.1) is 11.1 Å². The van der Waals surface area contributed by atoms with E-state index in [1.54, 1.807) is 12.1 Å². The molecule has 7 aliphatic rings. The van der Waals surface area contributed by atoms with E-state index in [2.05, 4.69) is 0 Å². The van der Waals surface area contributed by atoms with Crippen LogP contribution in [0.1, 0.15) is 72.1 Å². The lowest BCUT2D eigenvalue weighted by Crippen LogP contribution is -2.67. The maximum atomic E-state index is 12.7. The summed E-state index contributed by atoms with van der Waals surface area (Å²) in [6, 6.07) is 7.12. The molecular formula is C25H27NO5. The third-order valence-electron chi connectivity index (χ3n) is 10.3. The van der Waals surface area contributed by atoms with Crippen molar-refractivity contribution in [3.05, 3.63) is 35.4 Å². The van der Waals surface area contributed by atoms with Crippen LogP contribution in [0.3, 0.4) is 0 Å². The number of benzene rings is 1. The molecule has 31 heavy (non-hydrogen) atoms. The van der Waals surface area contributed by atoms with Crippen LogP contribution >= 0.6 is 0 Å². The predicted octanol–water partition coefficient (Wildman–Crippen LogP) is 3.91. The molecule has 0 N–H and O–H groups in total. The summed E-state index contributed by atoms with van der Waals surface area (Å²) in [6.45, 7) is 0.478. The molecule has 3 spiro atoms. The number of nitrogens with zero attached hydrogens (tertiary/aromatic N) is 1. The Labute approximate surface area is 181 Å². The number of imide groups is 1. The normalized spacial score (nSPS) is 50.7. The van der Waals surface area contributed by atoms with Crippen LogP contribution in [-0.2, 0) is 14.5 Å². The van der Waals surface area contributed by atoms with E-state index in [4.69, 9.17) is 14.5 Å². The van der Waals surface area contributed by atoms with Crippen molar-refractivity contribution in [2.75, 3.05) is 6.54 Å². The highest BCUT2D eigenvalue weighted by Crippen LogP contribution is 2.85. The van der Waals surface area contributed by atoms with Gasteiger partial charge in [-0.1, -0.05) is 12.1 Å². The zero-order valence-electron chi connectivity index (χ0n) is 17.5. The van der Waals surface area contributed by atoms with Crippen LogP contribution in [0.4, 0.5) is 0 Å². The molecule has 1 aromatic carbocycles. The lowest BCUT2D eigenvalue weighted by atomic mass is 9.37. The Bertz CT molecular complexity index is 995. The summed E-state index contributed by atoms with van der Waals surface area (Å²) < 4.78 is 6.79. The number of rotatable bonds is 2. The fourth-order valence-electron chi connectivity index (χ4n) is 8.85. The molecule has 5 aliphatic carbocycles. The minimum atomic E-state index is -0.635. The Morgan fingerprint density at radius 3 is 2.26 bits per heavy atom. The topological polar surface area (TPSA) is 65.1 Å². The minimum Gasteiger partial charge on any atom is -0.312 e. The molecule has 6 fully saturated rings. The van der Waals surface area contributed by atoms with Gasteiger partial charge in [-0.25, -0.2) is 0 Å². The predicted molar refractivity (Wildman–Crippen MR) is 107 cm³/mol. The van der Waals surface area contributed by atoms with Crippen molar-refractivity contribution in [1.82, 2.24) is 4.90 Å². The van der Waals surface area contributed by atoms with Crippen LogP contribution in [0.5, 0.6) is 0 Å². The Kier molecular flexibility index (Phi) is 3.10. The van der Waals surface area contributed by atoms with Gasteiger partial charge in [0.25, 0.3) is 11.8 Å². The van der Waals surface area contributed by atoms with E-state index in [1.165, 1.54) is 30.6 Å². The molecule has 2 bridgehead atoms. The first-order chi connectivity index (χ1) is 15.0. The molecule has 6 unspecified atom stereocenters. The summed E-state index contributed by atoms with van der Waals surface area (Å²) in [7, 11) is 0. The molecule has 2 heterocycles. The van der Waals surface area contributed by atoms with Crippen LogP contribution in [-0.4, -0.2) is 34.8 Å². The fourth-order valence-corrected chi connectivity index (χ4v) is 8.85. The van der Waals surface area contributed by atoms with Crippen LogP contribution in [0, 0.1) is 35.0 Å². The number of carbonyl (C=O) groups is 2. The van der Waals surface area contributed by atoms with Gasteiger partial charge in [-0.15, -0.1) is 0 Å². The second kappa shape index (κ2) is 5.41. The number of ether oxygens (including phenoxy) is 1. The third kappa shape index (κ3) is 1.90. The molecule has 1 saturated heterocycles. The van der Waals surface area contributed by atoms with Gasteiger partial charge in [-0.05, 0) is 73.8 Å². The van der Waals surface area contributed by atoms with E-state index in [0.717, 1.165) is 37.5 Å². The average molecular weight is 421 g/mol. The Morgan fingerprint density at radius 1 is 0.903 bits per heavy atom. The monoisotopic (exact) mass is 421 g/mol. The van der Waals surface area contributed by atoms with Crippen LogP contribution in [0.25, 0.3) is 0 Å². The molecule has 162 valence electrons. The maximum Gasteiger partial charge on any atom is 0.261 e. The van der Waals surface area contributed by atoms with E-state index in [1.807, 2.05) is 12.1 Å². The quantitative estimate of drug-likeness (QED) is 0.535. The molecule has 8 rings (SSSR count). The number of hydrogen-bond donors (Lipinski definition) is 0. The zero-order chi connectivity index (χ0) is 20.6. The van der Waals surface area contributed by atoms with Crippen LogP contribution in [0.15, 0.2) is 24.3 Å². The Morgan fingerprint density at radius 2 is 1.58 bits per heavy atom. The van der Waals surface area contributed by atoms with Crippen molar-refractivity contribution in [3.63, 3.8) is 0 Å². The summed E-state index contributed by atoms with van der Waals surface area (Å²) >= 11 is 0. The molecule has 1 aromatic rings. The van der Waals surface area contributed by atoms with Gasteiger partial charge in [0.2, 0.25) is 11.6 Å². The highest BCUT2D eigenvalue weighted by Gasteiger charge is 2.84. The largest absolute Gasteiger partial charge is 0.312 e. The molecule has 0 radical (unpaired) electrons. The first kappa shape index (κ1) is 17.8. The lowest BCUT2D eigenvalue weighted by molar-refractivity contribution is -0.393. The van der Waals surface area contributed by atoms with Gasteiger partial charge in [-0.3, -0.25) is 14.5 Å². The number of fused-ring (bicyclic) bond motifs is 4. The van der Waals surface area contributed by atoms with Gasteiger partial charge in [0.15, 0.2) is 0 Å². The van der Waals surface area contributed by atoms with E-state index < -0.39 is 11.6 Å². The molecule has 6 heteroatoms. The summed E-state index contributed by atoms with van der Waals surface area (Å²) in [5, 5.41) is 0. The smallest absolute Gasteiger partial charge is 0.261 e. The molecule has 2 amide bonds.